The fraction of sp³-hybridized carbons (Fsp3) is 0.444. The van der Waals surface area contributed by atoms with Crippen molar-refractivity contribution in [1.29, 1.82) is 0 Å². The molecule has 3 N–H and O–H groups in total. The van der Waals surface area contributed by atoms with Gasteiger partial charge in [-0.1, -0.05) is 18.2 Å². The monoisotopic (exact) mass is 327 g/mol. The van der Waals surface area contributed by atoms with Crippen LogP contribution in [0.3, 0.4) is 0 Å². The van der Waals surface area contributed by atoms with Crippen LogP contribution in [0.4, 0.5) is 0 Å². The van der Waals surface area contributed by atoms with E-state index in [9.17, 15) is 14.7 Å². The van der Waals surface area contributed by atoms with Crippen molar-refractivity contribution in [3.05, 3.63) is 36.0 Å². The second kappa shape index (κ2) is 5.72. The maximum absolute atomic E-state index is 12.3. The van der Waals surface area contributed by atoms with E-state index in [1.807, 2.05) is 35.0 Å². The van der Waals surface area contributed by atoms with Gasteiger partial charge in [0, 0.05) is 29.1 Å². The summed E-state index contributed by atoms with van der Waals surface area (Å²) in [5.41, 5.74) is 0.926. The molecule has 6 nitrogen and oxygen atoms in total. The number of amides is 2. The van der Waals surface area contributed by atoms with E-state index in [1.165, 1.54) is 0 Å². The summed E-state index contributed by atoms with van der Waals surface area (Å²) in [6, 6.07) is 7.43. The van der Waals surface area contributed by atoms with Crippen LogP contribution < -0.4 is 10.6 Å². The number of para-hydroxylation sites is 1. The Morgan fingerprint density at radius 2 is 1.92 bits per heavy atom. The third-order valence-electron chi connectivity index (χ3n) is 5.22. The quantitative estimate of drug-likeness (QED) is 0.724. The lowest BCUT2D eigenvalue weighted by Gasteiger charge is -2.32. The van der Waals surface area contributed by atoms with Crippen LogP contribution in [0.15, 0.2) is 30.5 Å². The van der Waals surface area contributed by atoms with Crippen LogP contribution in [0.2, 0.25) is 0 Å². The van der Waals surface area contributed by atoms with E-state index in [1.54, 1.807) is 0 Å². The zero-order chi connectivity index (χ0) is 16.7. The van der Waals surface area contributed by atoms with Crippen molar-refractivity contribution in [2.45, 2.75) is 37.3 Å². The van der Waals surface area contributed by atoms with Crippen LogP contribution in [0, 0.1) is 0 Å². The van der Waals surface area contributed by atoms with Crippen LogP contribution in [-0.2, 0) is 15.2 Å². The molecule has 126 valence electrons. The molecule has 0 bridgehead atoms. The number of rotatable bonds is 2. The summed E-state index contributed by atoms with van der Waals surface area (Å²) in [6.45, 7) is 1.54. The first-order valence-corrected chi connectivity index (χ1v) is 8.45. The average Bonchev–Trinajstić information content (AvgIpc) is 2.96. The standard InChI is InChI=1S/C18H21N3O3/c22-16-6-5-15(17(23)20-16)21-11-13(12-3-1-2-4-14(12)21)18(24)7-9-19-10-8-18/h1-4,11,15,19,24H,5-10H2,(H,20,22,23). The van der Waals surface area contributed by atoms with Crippen molar-refractivity contribution in [2.24, 2.45) is 0 Å². The summed E-state index contributed by atoms with van der Waals surface area (Å²) < 4.78 is 1.92. The van der Waals surface area contributed by atoms with Gasteiger partial charge in [0.1, 0.15) is 6.04 Å². The highest BCUT2D eigenvalue weighted by atomic mass is 16.3. The Morgan fingerprint density at radius 3 is 2.67 bits per heavy atom. The van der Waals surface area contributed by atoms with Gasteiger partial charge in [-0.25, -0.2) is 0 Å². The molecule has 1 aromatic heterocycles. The molecule has 4 rings (SSSR count). The van der Waals surface area contributed by atoms with Crippen LogP contribution in [0.5, 0.6) is 0 Å². The number of benzene rings is 1. The van der Waals surface area contributed by atoms with Gasteiger partial charge in [0.25, 0.3) is 0 Å². The van der Waals surface area contributed by atoms with E-state index in [2.05, 4.69) is 10.6 Å². The summed E-state index contributed by atoms with van der Waals surface area (Å²) >= 11 is 0. The van der Waals surface area contributed by atoms with Gasteiger partial charge in [-0.15, -0.1) is 0 Å². The smallest absolute Gasteiger partial charge is 0.249 e. The zero-order valence-corrected chi connectivity index (χ0v) is 13.4. The Bertz CT molecular complexity index is 805. The largest absolute Gasteiger partial charge is 0.385 e. The number of imide groups is 1. The molecule has 2 saturated heterocycles. The molecule has 2 amide bonds. The number of fused-ring (bicyclic) bond motifs is 1. The molecule has 1 aromatic carbocycles. The molecule has 2 fully saturated rings. The first kappa shape index (κ1) is 15.4. The number of hydrogen-bond acceptors (Lipinski definition) is 4. The Balaban J connectivity index is 1.82. The van der Waals surface area contributed by atoms with Crippen LogP contribution >= 0.6 is 0 Å². The van der Waals surface area contributed by atoms with Crippen LogP contribution in [0.25, 0.3) is 10.9 Å². The molecule has 1 atom stereocenters. The number of nitrogens with one attached hydrogen (secondary N) is 2. The maximum atomic E-state index is 12.3. The molecule has 6 heteroatoms. The van der Waals surface area contributed by atoms with Gasteiger partial charge >= 0.3 is 0 Å². The second-order valence-electron chi connectivity index (χ2n) is 6.72. The first-order chi connectivity index (χ1) is 11.6. The van der Waals surface area contributed by atoms with Gasteiger partial charge < -0.3 is 15.0 Å². The highest BCUT2D eigenvalue weighted by molar-refractivity contribution is 6.00. The van der Waals surface area contributed by atoms with Gasteiger partial charge in [-0.2, -0.15) is 0 Å². The molecule has 0 aliphatic carbocycles. The fourth-order valence-electron chi connectivity index (χ4n) is 3.89. The minimum atomic E-state index is -0.878. The lowest BCUT2D eigenvalue weighted by atomic mass is 9.85. The highest BCUT2D eigenvalue weighted by Crippen LogP contribution is 2.38. The molecule has 3 heterocycles. The number of hydrogen-bond donors (Lipinski definition) is 3. The summed E-state index contributed by atoms with van der Waals surface area (Å²) in [6.07, 6.45) is 4.04. The summed E-state index contributed by atoms with van der Waals surface area (Å²) in [7, 11) is 0. The van der Waals surface area contributed by atoms with Crippen molar-refractivity contribution in [1.82, 2.24) is 15.2 Å². The Labute approximate surface area is 139 Å². The van der Waals surface area contributed by atoms with Crippen LogP contribution in [-0.4, -0.2) is 34.6 Å². The molecule has 0 spiro atoms. The summed E-state index contributed by atoms with van der Waals surface area (Å²) in [5, 5.41) is 17.8. The third kappa shape index (κ3) is 2.42. The van der Waals surface area contributed by atoms with E-state index in [0.717, 1.165) is 29.6 Å². The Kier molecular flexibility index (Phi) is 3.66. The van der Waals surface area contributed by atoms with Crippen molar-refractivity contribution in [3.63, 3.8) is 0 Å². The van der Waals surface area contributed by atoms with Crippen molar-refractivity contribution in [3.8, 4) is 0 Å². The van der Waals surface area contributed by atoms with E-state index < -0.39 is 11.6 Å². The second-order valence-corrected chi connectivity index (χ2v) is 6.72. The molecule has 2 aliphatic heterocycles. The lowest BCUT2D eigenvalue weighted by molar-refractivity contribution is -0.135. The predicted molar refractivity (Wildman–Crippen MR) is 89.4 cm³/mol. The Morgan fingerprint density at radius 1 is 1.17 bits per heavy atom. The number of aliphatic hydroxyl groups is 1. The molecular weight excluding hydrogens is 306 g/mol. The number of carbonyl (C=O) groups excluding carboxylic acids is 2. The van der Waals surface area contributed by atoms with E-state index >= 15 is 0 Å². The highest BCUT2D eigenvalue weighted by Gasteiger charge is 2.36. The molecule has 0 radical (unpaired) electrons. The minimum Gasteiger partial charge on any atom is -0.385 e. The van der Waals surface area contributed by atoms with E-state index in [4.69, 9.17) is 0 Å². The summed E-state index contributed by atoms with van der Waals surface area (Å²) in [5.74, 6) is -0.485. The van der Waals surface area contributed by atoms with Gasteiger partial charge in [0.2, 0.25) is 11.8 Å². The molecule has 2 aliphatic rings. The van der Waals surface area contributed by atoms with Crippen LogP contribution in [0.1, 0.15) is 37.3 Å². The first-order valence-electron chi connectivity index (χ1n) is 8.45. The van der Waals surface area contributed by atoms with Crippen molar-refractivity contribution < 1.29 is 14.7 Å². The summed E-state index contributed by atoms with van der Waals surface area (Å²) in [4.78, 5) is 23.7. The lowest BCUT2D eigenvalue weighted by Crippen LogP contribution is -2.41. The zero-order valence-electron chi connectivity index (χ0n) is 13.4. The topological polar surface area (TPSA) is 83.4 Å². The number of nitrogens with zero attached hydrogens (tertiary/aromatic N) is 1. The van der Waals surface area contributed by atoms with Crippen molar-refractivity contribution >= 4 is 22.7 Å². The van der Waals surface area contributed by atoms with Gasteiger partial charge in [0.05, 0.1) is 5.60 Å². The average molecular weight is 327 g/mol. The maximum Gasteiger partial charge on any atom is 0.249 e. The number of piperidine rings is 2. The van der Waals surface area contributed by atoms with E-state index in [0.29, 0.717) is 25.7 Å². The number of aromatic nitrogens is 1. The normalized spacial score (nSPS) is 24.1. The molecular formula is C18H21N3O3. The molecule has 0 saturated carbocycles. The van der Waals surface area contributed by atoms with Gasteiger partial charge in [0.15, 0.2) is 0 Å². The van der Waals surface area contributed by atoms with Gasteiger partial charge in [-0.05, 0) is 38.4 Å². The Hall–Kier alpha value is -2.18. The third-order valence-corrected chi connectivity index (χ3v) is 5.22. The fourth-order valence-corrected chi connectivity index (χ4v) is 3.89. The van der Waals surface area contributed by atoms with Crippen molar-refractivity contribution in [2.75, 3.05) is 13.1 Å². The molecule has 1 unspecified atom stereocenters. The molecule has 24 heavy (non-hydrogen) atoms. The minimum absolute atomic E-state index is 0.218. The SMILES string of the molecule is O=C1CCC(n2cc(C3(O)CCNCC3)c3ccccc32)C(=O)N1. The van der Waals surface area contributed by atoms with E-state index in [-0.39, 0.29) is 11.8 Å². The molecule has 2 aromatic rings. The number of carbonyl (C=O) groups is 2. The predicted octanol–water partition coefficient (Wildman–Crippen LogP) is 1.19. The van der Waals surface area contributed by atoms with Gasteiger partial charge in [-0.3, -0.25) is 14.9 Å².